The molecule has 29 heavy (non-hydrogen) atoms. The molecule has 5 heteroatoms. The summed E-state index contributed by atoms with van der Waals surface area (Å²) in [5.41, 5.74) is 0.685. The van der Waals surface area contributed by atoms with Crippen LogP contribution < -0.4 is 0 Å². The monoisotopic (exact) mass is 405 g/mol. The van der Waals surface area contributed by atoms with Crippen LogP contribution in [0.15, 0.2) is 12.4 Å². The smallest absolute Gasteiger partial charge is 0.209 e. The van der Waals surface area contributed by atoms with Gasteiger partial charge in [0.05, 0.1) is 17.8 Å². The second-order valence-corrected chi connectivity index (χ2v) is 8.66. The average molecular weight is 406 g/mol. The van der Waals surface area contributed by atoms with Crippen LogP contribution in [0.5, 0.6) is 0 Å². The molecule has 0 atom stereocenters. The lowest BCUT2D eigenvalue weighted by Crippen LogP contribution is -2.33. The molecule has 1 amide bonds. The predicted octanol–water partition coefficient (Wildman–Crippen LogP) is 6.05. The Morgan fingerprint density at radius 3 is 2.28 bits per heavy atom. The number of rotatable bonds is 12. The van der Waals surface area contributed by atoms with E-state index in [4.69, 9.17) is 0 Å². The van der Waals surface area contributed by atoms with E-state index in [1.54, 1.807) is 11.1 Å². The van der Waals surface area contributed by atoms with Gasteiger partial charge in [-0.15, -0.1) is 0 Å². The van der Waals surface area contributed by atoms with Gasteiger partial charge >= 0.3 is 0 Å². The maximum absolute atomic E-state index is 11.5. The molecule has 5 nitrogen and oxygen atoms in total. The molecule has 0 N–H and O–H groups in total. The average Bonchev–Trinajstić information content (AvgIpc) is 3.23. The fourth-order valence-corrected chi connectivity index (χ4v) is 3.65. The van der Waals surface area contributed by atoms with Gasteiger partial charge in [0.2, 0.25) is 6.41 Å². The summed E-state index contributed by atoms with van der Waals surface area (Å²) >= 11 is 0. The van der Waals surface area contributed by atoms with Crippen LogP contribution >= 0.6 is 0 Å². The van der Waals surface area contributed by atoms with Crippen molar-refractivity contribution in [2.45, 2.75) is 104 Å². The zero-order chi connectivity index (χ0) is 21.5. The van der Waals surface area contributed by atoms with E-state index < -0.39 is 0 Å². The highest BCUT2D eigenvalue weighted by Gasteiger charge is 2.20. The standard InChI is InChI=1S/C12H17N3O2.C12H26/c1-2-12(17)10-7-13-15(8-10)11-3-5-14(9-16)6-4-11;1-4-5-6-7-8-9-10-11-12(2)3/h7-9,11H,2-6H2,1H3;12H,4-11H2,1-3H3. The van der Waals surface area contributed by atoms with E-state index in [9.17, 15) is 9.59 Å². The Bertz CT molecular complexity index is 560. The van der Waals surface area contributed by atoms with Gasteiger partial charge in [-0.25, -0.2) is 0 Å². The Hall–Kier alpha value is -1.65. The lowest BCUT2D eigenvalue weighted by molar-refractivity contribution is -0.119. The van der Waals surface area contributed by atoms with Gasteiger partial charge in [0.1, 0.15) is 0 Å². The van der Waals surface area contributed by atoms with E-state index in [1.807, 2.05) is 17.8 Å². The lowest BCUT2D eigenvalue weighted by atomic mass is 10.0. The Kier molecular flexibility index (Phi) is 13.3. The van der Waals surface area contributed by atoms with Gasteiger partial charge in [0.15, 0.2) is 5.78 Å². The number of likely N-dealkylation sites (tertiary alicyclic amines) is 1. The molecule has 0 aromatic carbocycles. The Morgan fingerprint density at radius 2 is 1.72 bits per heavy atom. The molecule has 1 aliphatic heterocycles. The molecular weight excluding hydrogens is 362 g/mol. The molecule has 2 rings (SSSR count). The largest absolute Gasteiger partial charge is 0.345 e. The molecule has 1 aromatic rings. The highest BCUT2D eigenvalue weighted by atomic mass is 16.1. The molecule has 0 saturated carbocycles. The Morgan fingerprint density at radius 1 is 1.10 bits per heavy atom. The summed E-state index contributed by atoms with van der Waals surface area (Å²) in [5, 5.41) is 4.25. The normalized spacial score (nSPS) is 14.6. The van der Waals surface area contributed by atoms with Crippen molar-refractivity contribution >= 4 is 12.2 Å². The SMILES string of the molecule is CCC(=O)c1cnn(C2CCN(C=O)CC2)c1.CCCCCCCCCC(C)C. The van der Waals surface area contributed by atoms with Gasteiger partial charge in [-0.2, -0.15) is 5.10 Å². The second-order valence-electron chi connectivity index (χ2n) is 8.66. The zero-order valence-corrected chi connectivity index (χ0v) is 19.2. The summed E-state index contributed by atoms with van der Waals surface area (Å²) in [6.45, 7) is 10.3. The molecule has 0 bridgehead atoms. The van der Waals surface area contributed by atoms with Crippen LogP contribution in [0.25, 0.3) is 0 Å². The van der Waals surface area contributed by atoms with Gasteiger partial charge in [-0.05, 0) is 18.8 Å². The summed E-state index contributed by atoms with van der Waals surface area (Å²) in [4.78, 5) is 23.9. The molecule has 0 unspecified atom stereocenters. The third-order valence-electron chi connectivity index (χ3n) is 5.65. The number of ketones is 1. The van der Waals surface area contributed by atoms with Crippen molar-refractivity contribution in [3.05, 3.63) is 18.0 Å². The fourth-order valence-electron chi connectivity index (χ4n) is 3.65. The predicted molar refractivity (Wildman–Crippen MR) is 120 cm³/mol. The van der Waals surface area contributed by atoms with Crippen molar-refractivity contribution < 1.29 is 9.59 Å². The maximum atomic E-state index is 11.5. The van der Waals surface area contributed by atoms with Crippen molar-refractivity contribution in [2.24, 2.45) is 5.92 Å². The number of aromatic nitrogens is 2. The van der Waals surface area contributed by atoms with Gasteiger partial charge < -0.3 is 4.90 Å². The molecule has 166 valence electrons. The first-order valence-corrected chi connectivity index (χ1v) is 11.8. The van der Waals surface area contributed by atoms with Crippen LogP contribution in [0.1, 0.15) is 115 Å². The van der Waals surface area contributed by atoms with E-state index in [2.05, 4.69) is 25.9 Å². The number of nitrogens with zero attached hydrogens (tertiary/aromatic N) is 3. The molecule has 1 aromatic heterocycles. The van der Waals surface area contributed by atoms with E-state index >= 15 is 0 Å². The zero-order valence-electron chi connectivity index (χ0n) is 19.2. The number of unbranched alkanes of at least 4 members (excludes halogenated alkanes) is 6. The highest BCUT2D eigenvalue weighted by molar-refractivity contribution is 5.95. The van der Waals surface area contributed by atoms with Crippen molar-refractivity contribution in [1.82, 2.24) is 14.7 Å². The second kappa shape index (κ2) is 15.2. The molecular formula is C24H43N3O2. The van der Waals surface area contributed by atoms with Gasteiger partial charge in [-0.3, -0.25) is 14.3 Å². The number of piperidine rings is 1. The molecule has 0 aliphatic carbocycles. The van der Waals surface area contributed by atoms with E-state index in [1.165, 1.54) is 51.4 Å². The molecule has 1 saturated heterocycles. The molecule has 1 fully saturated rings. The summed E-state index contributed by atoms with van der Waals surface area (Å²) in [6.07, 6.45) is 18.2. The minimum Gasteiger partial charge on any atom is -0.345 e. The summed E-state index contributed by atoms with van der Waals surface area (Å²) in [7, 11) is 0. The van der Waals surface area contributed by atoms with Crippen molar-refractivity contribution in [3.8, 4) is 0 Å². The van der Waals surface area contributed by atoms with Crippen LogP contribution in [0, 0.1) is 5.92 Å². The van der Waals surface area contributed by atoms with Crippen molar-refractivity contribution in [2.75, 3.05) is 13.1 Å². The van der Waals surface area contributed by atoms with E-state index in [-0.39, 0.29) is 5.78 Å². The summed E-state index contributed by atoms with van der Waals surface area (Å²) in [6, 6.07) is 0.310. The number of amides is 1. The summed E-state index contributed by atoms with van der Waals surface area (Å²) in [5.74, 6) is 1.03. The van der Waals surface area contributed by atoms with Crippen LogP contribution in [0.4, 0.5) is 0 Å². The third-order valence-corrected chi connectivity index (χ3v) is 5.65. The van der Waals surface area contributed by atoms with Crippen molar-refractivity contribution in [1.29, 1.82) is 0 Å². The van der Waals surface area contributed by atoms with Gasteiger partial charge in [0, 0.05) is 25.7 Å². The number of carbonyl (C=O) groups is 2. The molecule has 1 aliphatic rings. The minimum absolute atomic E-state index is 0.126. The first-order chi connectivity index (χ1) is 14.0. The number of Topliss-reactive ketones (excluding diaryl/α,β-unsaturated/α-hetero) is 1. The quantitative estimate of drug-likeness (QED) is 0.241. The molecule has 0 spiro atoms. The van der Waals surface area contributed by atoms with Crippen LogP contribution in [-0.4, -0.2) is 40.0 Å². The maximum Gasteiger partial charge on any atom is 0.209 e. The topological polar surface area (TPSA) is 55.2 Å². The summed E-state index contributed by atoms with van der Waals surface area (Å²) < 4.78 is 1.87. The first-order valence-electron chi connectivity index (χ1n) is 11.8. The minimum atomic E-state index is 0.126. The number of hydrogen-bond acceptors (Lipinski definition) is 3. The number of carbonyl (C=O) groups excluding carboxylic acids is 2. The first kappa shape index (κ1) is 25.4. The van der Waals surface area contributed by atoms with E-state index in [0.717, 1.165) is 38.3 Å². The van der Waals surface area contributed by atoms with Crippen LogP contribution in [0.3, 0.4) is 0 Å². The highest BCUT2D eigenvalue weighted by Crippen LogP contribution is 2.21. The van der Waals surface area contributed by atoms with Crippen LogP contribution in [-0.2, 0) is 4.79 Å². The Labute approximate surface area is 178 Å². The fraction of sp³-hybridized carbons (Fsp3) is 0.792. The Balaban J connectivity index is 0.000000311. The lowest BCUT2D eigenvalue weighted by Gasteiger charge is -2.29. The number of hydrogen-bond donors (Lipinski definition) is 0. The van der Waals surface area contributed by atoms with Gasteiger partial charge in [-0.1, -0.05) is 79.1 Å². The molecule has 0 radical (unpaired) electrons. The van der Waals surface area contributed by atoms with Crippen molar-refractivity contribution in [3.63, 3.8) is 0 Å². The van der Waals surface area contributed by atoms with Crippen LogP contribution in [0.2, 0.25) is 0 Å². The molecule has 2 heterocycles. The third kappa shape index (κ3) is 10.6. The van der Waals surface area contributed by atoms with Gasteiger partial charge in [0.25, 0.3) is 0 Å². The van der Waals surface area contributed by atoms with E-state index in [0.29, 0.717) is 18.0 Å².